The lowest BCUT2D eigenvalue weighted by Crippen LogP contribution is -2.54. The topological polar surface area (TPSA) is 197 Å². The maximum absolute atomic E-state index is 14.2. The van der Waals surface area contributed by atoms with Crippen LogP contribution in [0.15, 0.2) is 72.9 Å². The fraction of sp³-hybridized carbons (Fsp3) is 0.258. The number of ether oxygens (including phenoxy) is 3. The number of nitrogens with one attached hydrogen (secondary N) is 3. The zero-order valence-corrected chi connectivity index (χ0v) is 26.7. The molecule has 0 radical (unpaired) electrons. The predicted octanol–water partition coefficient (Wildman–Crippen LogP) is 4.31. The number of halogens is 3. The number of hydrogen-bond acceptors (Lipinski definition) is 10. The number of nitrogens with zero attached hydrogens (tertiary/aromatic N) is 1. The molecule has 13 nitrogen and oxygen atoms in total. The van der Waals surface area contributed by atoms with Crippen LogP contribution >= 0.6 is 0 Å². The summed E-state index contributed by atoms with van der Waals surface area (Å²) in [6, 6.07) is 15.6. The second kappa shape index (κ2) is 14.2. The molecular formula is C31H33F3N6O7S. The van der Waals surface area contributed by atoms with Crippen molar-refractivity contribution in [2.45, 2.75) is 45.3 Å². The van der Waals surface area contributed by atoms with Gasteiger partial charge in [0.05, 0.1) is 18.4 Å². The Kier molecular flexibility index (Phi) is 10.5. The van der Waals surface area contributed by atoms with E-state index in [9.17, 15) is 31.2 Å². The van der Waals surface area contributed by atoms with E-state index in [4.69, 9.17) is 25.1 Å². The summed E-state index contributed by atoms with van der Waals surface area (Å²) in [5.41, 5.74) is 3.29. The van der Waals surface area contributed by atoms with Gasteiger partial charge in [0.25, 0.3) is 21.8 Å². The van der Waals surface area contributed by atoms with Crippen LogP contribution in [0.5, 0.6) is 11.5 Å². The number of rotatable bonds is 13. The van der Waals surface area contributed by atoms with Crippen LogP contribution in [0.4, 0.5) is 30.4 Å². The molecule has 17 heteroatoms. The third-order valence-corrected chi connectivity index (χ3v) is 7.09. The number of fused-ring (bicyclic) bond motifs is 1. The van der Waals surface area contributed by atoms with Crippen molar-refractivity contribution in [3.05, 3.63) is 84.1 Å². The smallest absolute Gasteiger partial charge is 0.490 e. The van der Waals surface area contributed by atoms with E-state index in [1.807, 2.05) is 0 Å². The number of esters is 1. The Labute approximate surface area is 273 Å². The number of carbonyl (C=O) groups is 2. The molecule has 256 valence electrons. The lowest BCUT2D eigenvalue weighted by molar-refractivity contribution is -0.213. The Morgan fingerprint density at radius 1 is 0.979 bits per heavy atom. The Morgan fingerprint density at radius 2 is 1.73 bits per heavy atom. The minimum absolute atomic E-state index is 0.0594. The number of amides is 1. The van der Waals surface area contributed by atoms with Crippen LogP contribution in [0.25, 0.3) is 10.8 Å². The van der Waals surface area contributed by atoms with Gasteiger partial charge in [-0.15, -0.1) is 0 Å². The summed E-state index contributed by atoms with van der Waals surface area (Å²) in [7, 11) is -4.13. The highest BCUT2D eigenvalue weighted by molar-refractivity contribution is 7.90. The first-order valence-electron chi connectivity index (χ1n) is 14.3. The van der Waals surface area contributed by atoms with Crippen LogP contribution in [-0.4, -0.2) is 44.2 Å². The van der Waals surface area contributed by atoms with Crippen LogP contribution in [0, 0.1) is 0 Å². The molecule has 48 heavy (non-hydrogen) atoms. The predicted molar refractivity (Wildman–Crippen MR) is 172 cm³/mol. The van der Waals surface area contributed by atoms with E-state index < -0.39 is 34.0 Å². The van der Waals surface area contributed by atoms with Gasteiger partial charge in [-0.3, -0.25) is 9.52 Å². The number of alkyl halides is 3. The van der Waals surface area contributed by atoms with Gasteiger partial charge in [-0.2, -0.15) is 21.6 Å². The van der Waals surface area contributed by atoms with Crippen molar-refractivity contribution in [1.82, 2.24) is 10.3 Å². The van der Waals surface area contributed by atoms with Crippen LogP contribution in [0.1, 0.15) is 31.9 Å². The molecule has 4 aromatic rings. The molecule has 1 aromatic heterocycles. The Bertz CT molecular complexity index is 1920. The fourth-order valence-corrected chi connectivity index (χ4v) is 5.09. The molecule has 1 amide bonds. The van der Waals surface area contributed by atoms with Crippen molar-refractivity contribution < 1.29 is 45.4 Å². The summed E-state index contributed by atoms with van der Waals surface area (Å²) in [6.45, 7) is 4.95. The highest BCUT2D eigenvalue weighted by atomic mass is 32.2. The Morgan fingerprint density at radius 3 is 2.40 bits per heavy atom. The van der Waals surface area contributed by atoms with Gasteiger partial charge in [-0.25, -0.2) is 14.9 Å². The van der Waals surface area contributed by atoms with Crippen LogP contribution in [0.3, 0.4) is 0 Å². The van der Waals surface area contributed by atoms with E-state index in [0.29, 0.717) is 16.3 Å². The second-order valence-electron chi connectivity index (χ2n) is 10.6. The van der Waals surface area contributed by atoms with E-state index in [1.54, 1.807) is 26.8 Å². The number of aromatic nitrogens is 1. The summed E-state index contributed by atoms with van der Waals surface area (Å²) < 4.78 is 83.1. The molecule has 1 heterocycles. The minimum Gasteiger partial charge on any atom is -0.490 e. The third kappa shape index (κ3) is 8.74. The SMILES string of the molecule is CCOc1cc(C(Nc2ccc3c(N)nccc3c2)(OC(=O)C(F)(F)F)C(=O)NCc2cccc(NS(N)(=O)=O)c2)ccc1OC(C)C. The van der Waals surface area contributed by atoms with Gasteiger partial charge in [0.1, 0.15) is 5.82 Å². The van der Waals surface area contributed by atoms with Gasteiger partial charge < -0.3 is 30.6 Å². The van der Waals surface area contributed by atoms with Crippen molar-refractivity contribution in [3.8, 4) is 11.5 Å². The fourth-order valence-electron chi connectivity index (χ4n) is 4.63. The van der Waals surface area contributed by atoms with Crippen LogP contribution < -0.4 is 35.7 Å². The molecule has 0 aliphatic rings. The van der Waals surface area contributed by atoms with Gasteiger partial charge in [-0.1, -0.05) is 12.1 Å². The number of benzene rings is 3. The quantitative estimate of drug-likeness (QED) is 0.0996. The first kappa shape index (κ1) is 35.6. The van der Waals surface area contributed by atoms with Crippen molar-refractivity contribution >= 4 is 50.1 Å². The maximum Gasteiger partial charge on any atom is 0.491 e. The highest BCUT2D eigenvalue weighted by Crippen LogP contribution is 2.38. The van der Waals surface area contributed by atoms with Crippen molar-refractivity contribution in [2.24, 2.45) is 5.14 Å². The minimum atomic E-state index is -5.51. The Balaban J connectivity index is 1.88. The number of pyridine rings is 1. The van der Waals surface area contributed by atoms with Crippen molar-refractivity contribution in [2.75, 3.05) is 22.4 Å². The number of hydrogen-bond donors (Lipinski definition) is 5. The van der Waals surface area contributed by atoms with E-state index in [-0.39, 0.29) is 53.5 Å². The molecule has 3 aromatic carbocycles. The molecule has 1 atom stereocenters. The molecule has 4 rings (SSSR count). The average Bonchev–Trinajstić information content (AvgIpc) is 2.99. The normalized spacial score (nSPS) is 13.0. The number of anilines is 3. The van der Waals surface area contributed by atoms with E-state index in [1.165, 1.54) is 66.9 Å². The number of nitrogens with two attached hydrogens (primary N) is 2. The zero-order valence-electron chi connectivity index (χ0n) is 25.9. The van der Waals surface area contributed by atoms with Crippen LogP contribution in [0.2, 0.25) is 0 Å². The lowest BCUT2D eigenvalue weighted by Gasteiger charge is -2.34. The van der Waals surface area contributed by atoms with Gasteiger partial charge in [0.2, 0.25) is 0 Å². The first-order chi connectivity index (χ1) is 22.5. The summed E-state index contributed by atoms with van der Waals surface area (Å²) in [6.07, 6.45) is -4.40. The molecule has 0 aliphatic carbocycles. The van der Waals surface area contributed by atoms with Gasteiger partial charge in [-0.05, 0) is 86.3 Å². The van der Waals surface area contributed by atoms with Crippen LogP contribution in [-0.2, 0) is 36.8 Å². The zero-order chi connectivity index (χ0) is 35.3. The molecule has 0 saturated carbocycles. The highest BCUT2D eigenvalue weighted by Gasteiger charge is 2.52. The summed E-state index contributed by atoms with van der Waals surface area (Å²) >= 11 is 0. The summed E-state index contributed by atoms with van der Waals surface area (Å²) in [5.74, 6) is -3.42. The monoisotopic (exact) mass is 690 g/mol. The van der Waals surface area contributed by atoms with Crippen molar-refractivity contribution in [1.29, 1.82) is 0 Å². The number of carbonyl (C=O) groups excluding carboxylic acids is 2. The van der Waals surface area contributed by atoms with E-state index >= 15 is 0 Å². The molecular weight excluding hydrogens is 657 g/mol. The van der Waals surface area contributed by atoms with Gasteiger partial charge >= 0.3 is 12.1 Å². The van der Waals surface area contributed by atoms with Gasteiger partial charge in [0.15, 0.2) is 11.5 Å². The third-order valence-electron chi connectivity index (χ3n) is 6.57. The molecule has 0 bridgehead atoms. The van der Waals surface area contributed by atoms with Gasteiger partial charge in [0, 0.05) is 29.4 Å². The molecule has 0 spiro atoms. The summed E-state index contributed by atoms with van der Waals surface area (Å²) in [5, 5.41) is 11.3. The molecule has 1 unspecified atom stereocenters. The van der Waals surface area contributed by atoms with Crippen molar-refractivity contribution in [3.63, 3.8) is 0 Å². The largest absolute Gasteiger partial charge is 0.491 e. The van der Waals surface area contributed by atoms with E-state index in [0.717, 1.165) is 0 Å². The maximum atomic E-state index is 14.2. The van der Waals surface area contributed by atoms with E-state index in [2.05, 4.69) is 20.3 Å². The molecule has 7 N–H and O–H groups in total. The Hall–Kier alpha value is -5.29. The summed E-state index contributed by atoms with van der Waals surface area (Å²) in [4.78, 5) is 30.8. The lowest BCUT2D eigenvalue weighted by atomic mass is 9.99. The standard InChI is InChI=1S/C31H33F3N6O7S/c1-4-45-26-16-21(8-11-25(26)46-18(2)3)30(47-29(42)31(32,33)34,39-22-9-10-24-20(15-22)12-13-37-27(24)35)28(41)38-17-19-6-5-7-23(14-19)40-48(36,43)44/h5-16,18,39-40H,4,17H2,1-3H3,(H2,35,37)(H,38,41)(H2,36,43,44). The first-order valence-corrected chi connectivity index (χ1v) is 15.9. The second-order valence-corrected chi connectivity index (χ2v) is 11.9. The number of nitrogen functional groups attached to an aromatic ring is 1. The average molecular weight is 691 g/mol. The molecule has 0 aliphatic heterocycles. The molecule has 0 fully saturated rings. The molecule has 0 saturated heterocycles.